The number of hydrogen-bond acceptors (Lipinski definition) is 4. The number of hydrogen-bond donors (Lipinski definition) is 1. The van der Waals surface area contributed by atoms with Crippen LogP contribution < -0.4 is 5.32 Å². The standard InChI is InChI=1S/C19H17Cl2FN4OS/c1-2-26-17(9-12-3-5-13(20)6-4-12)24-25-19(26)28-11-18(27)23-14-7-8-16(22)15(21)10-14/h3-8,10H,2,9,11H2,1H3,(H,23,27). The van der Waals surface area contributed by atoms with Crippen molar-refractivity contribution in [1.29, 1.82) is 0 Å². The molecule has 0 atom stereocenters. The van der Waals surface area contributed by atoms with E-state index in [2.05, 4.69) is 15.5 Å². The molecule has 5 nitrogen and oxygen atoms in total. The maximum absolute atomic E-state index is 13.2. The first-order chi connectivity index (χ1) is 13.5. The first kappa shape index (κ1) is 20.6. The number of amides is 1. The van der Waals surface area contributed by atoms with Crippen molar-refractivity contribution in [3.63, 3.8) is 0 Å². The third-order valence-electron chi connectivity index (χ3n) is 3.92. The lowest BCUT2D eigenvalue weighted by atomic mass is 10.1. The van der Waals surface area contributed by atoms with Crippen LogP contribution in [0, 0.1) is 5.82 Å². The normalized spacial score (nSPS) is 10.9. The van der Waals surface area contributed by atoms with Crippen molar-refractivity contribution in [1.82, 2.24) is 14.8 Å². The highest BCUT2D eigenvalue weighted by Gasteiger charge is 2.14. The van der Waals surface area contributed by atoms with E-state index in [9.17, 15) is 9.18 Å². The Bertz CT molecular complexity index is 979. The van der Waals surface area contributed by atoms with Crippen molar-refractivity contribution in [2.24, 2.45) is 0 Å². The van der Waals surface area contributed by atoms with Gasteiger partial charge in [-0.2, -0.15) is 0 Å². The van der Waals surface area contributed by atoms with E-state index in [4.69, 9.17) is 23.2 Å². The van der Waals surface area contributed by atoms with Gasteiger partial charge in [0, 0.05) is 23.7 Å². The number of anilines is 1. The maximum atomic E-state index is 13.2. The molecular formula is C19H17Cl2FN4OS. The molecule has 3 rings (SSSR count). The van der Waals surface area contributed by atoms with E-state index < -0.39 is 5.82 Å². The fourth-order valence-corrected chi connectivity index (χ4v) is 3.69. The van der Waals surface area contributed by atoms with Crippen LogP contribution in [0.4, 0.5) is 10.1 Å². The van der Waals surface area contributed by atoms with Crippen LogP contribution in [0.15, 0.2) is 47.6 Å². The molecule has 0 bridgehead atoms. The summed E-state index contributed by atoms with van der Waals surface area (Å²) in [5.74, 6) is 0.197. The fourth-order valence-electron chi connectivity index (χ4n) is 2.56. The number of thioether (sulfide) groups is 1. The second kappa shape index (κ2) is 9.41. The summed E-state index contributed by atoms with van der Waals surface area (Å²) in [5, 5.41) is 12.5. The second-order valence-corrected chi connectivity index (χ2v) is 7.70. The molecule has 3 aromatic rings. The number of aromatic nitrogens is 3. The summed E-state index contributed by atoms with van der Waals surface area (Å²) in [7, 11) is 0. The molecule has 0 radical (unpaired) electrons. The molecule has 2 aromatic carbocycles. The van der Waals surface area contributed by atoms with E-state index in [1.165, 1.54) is 30.0 Å². The van der Waals surface area contributed by atoms with Crippen LogP contribution >= 0.6 is 35.0 Å². The average Bonchev–Trinajstić information content (AvgIpc) is 3.06. The Morgan fingerprint density at radius 2 is 1.93 bits per heavy atom. The number of carbonyl (C=O) groups excluding carboxylic acids is 1. The van der Waals surface area contributed by atoms with Gasteiger partial charge in [-0.1, -0.05) is 47.1 Å². The predicted molar refractivity (Wildman–Crippen MR) is 111 cm³/mol. The number of halogens is 3. The monoisotopic (exact) mass is 438 g/mol. The van der Waals surface area contributed by atoms with Gasteiger partial charge >= 0.3 is 0 Å². The zero-order chi connectivity index (χ0) is 20.1. The predicted octanol–water partition coefficient (Wildman–Crippen LogP) is 5.07. The van der Waals surface area contributed by atoms with Gasteiger partial charge in [-0.3, -0.25) is 4.79 Å². The lowest BCUT2D eigenvalue weighted by Gasteiger charge is -2.08. The third kappa shape index (κ3) is 5.25. The summed E-state index contributed by atoms with van der Waals surface area (Å²) in [4.78, 5) is 12.2. The average molecular weight is 439 g/mol. The van der Waals surface area contributed by atoms with Crippen molar-refractivity contribution in [2.75, 3.05) is 11.1 Å². The number of nitrogens with zero attached hydrogens (tertiary/aromatic N) is 3. The highest BCUT2D eigenvalue weighted by molar-refractivity contribution is 7.99. The Morgan fingerprint density at radius 1 is 1.18 bits per heavy atom. The van der Waals surface area contributed by atoms with Crippen LogP contribution in [0.3, 0.4) is 0 Å². The Labute approximate surface area is 176 Å². The fraction of sp³-hybridized carbons (Fsp3) is 0.211. The summed E-state index contributed by atoms with van der Waals surface area (Å²) in [6.45, 7) is 2.69. The van der Waals surface area contributed by atoms with Gasteiger partial charge in [0.15, 0.2) is 5.16 Å². The van der Waals surface area contributed by atoms with Crippen molar-refractivity contribution in [3.05, 3.63) is 69.7 Å². The summed E-state index contributed by atoms with van der Waals surface area (Å²) < 4.78 is 15.2. The van der Waals surface area contributed by atoms with E-state index in [1.807, 2.05) is 35.8 Å². The largest absolute Gasteiger partial charge is 0.325 e. The topological polar surface area (TPSA) is 59.8 Å². The molecule has 146 valence electrons. The summed E-state index contributed by atoms with van der Waals surface area (Å²) >= 11 is 12.9. The molecule has 0 saturated heterocycles. The highest BCUT2D eigenvalue weighted by atomic mass is 35.5. The van der Waals surface area contributed by atoms with Gasteiger partial charge < -0.3 is 9.88 Å². The summed E-state index contributed by atoms with van der Waals surface area (Å²) in [6.07, 6.45) is 0.624. The minimum Gasteiger partial charge on any atom is -0.325 e. The van der Waals surface area contributed by atoms with Gasteiger partial charge in [0.25, 0.3) is 0 Å². The number of carbonyl (C=O) groups is 1. The van der Waals surface area contributed by atoms with Crippen LogP contribution in [-0.4, -0.2) is 26.4 Å². The molecule has 1 heterocycles. The minimum atomic E-state index is -0.529. The number of benzene rings is 2. The molecule has 28 heavy (non-hydrogen) atoms. The molecule has 0 aliphatic rings. The second-order valence-electron chi connectivity index (χ2n) is 5.91. The molecule has 1 aromatic heterocycles. The van der Waals surface area contributed by atoms with Gasteiger partial charge in [0.05, 0.1) is 10.8 Å². The van der Waals surface area contributed by atoms with E-state index in [1.54, 1.807) is 0 Å². The van der Waals surface area contributed by atoms with Crippen LogP contribution in [0.5, 0.6) is 0 Å². The SMILES string of the molecule is CCn1c(Cc2ccc(Cl)cc2)nnc1SCC(=O)Nc1ccc(F)c(Cl)c1. The lowest BCUT2D eigenvalue weighted by molar-refractivity contribution is -0.113. The van der Waals surface area contributed by atoms with Crippen LogP contribution in [-0.2, 0) is 17.8 Å². The quantitative estimate of drug-likeness (QED) is 0.523. The number of nitrogens with one attached hydrogen (secondary N) is 1. The van der Waals surface area contributed by atoms with Gasteiger partial charge in [-0.05, 0) is 42.8 Å². The maximum Gasteiger partial charge on any atom is 0.234 e. The Morgan fingerprint density at radius 3 is 2.61 bits per heavy atom. The molecule has 0 saturated carbocycles. The molecule has 0 aliphatic heterocycles. The zero-order valence-electron chi connectivity index (χ0n) is 15.0. The molecule has 0 unspecified atom stereocenters. The lowest BCUT2D eigenvalue weighted by Crippen LogP contribution is -2.15. The Hall–Kier alpha value is -2.09. The van der Waals surface area contributed by atoms with Gasteiger partial charge in [-0.25, -0.2) is 4.39 Å². The Balaban J connectivity index is 1.62. The Kier molecular flexibility index (Phi) is 6.93. The van der Waals surface area contributed by atoms with E-state index in [0.29, 0.717) is 28.8 Å². The molecule has 0 fully saturated rings. The first-order valence-corrected chi connectivity index (χ1v) is 10.2. The van der Waals surface area contributed by atoms with E-state index in [0.717, 1.165) is 11.4 Å². The first-order valence-electron chi connectivity index (χ1n) is 8.50. The van der Waals surface area contributed by atoms with Crippen molar-refractivity contribution < 1.29 is 9.18 Å². The van der Waals surface area contributed by atoms with Gasteiger partial charge in [-0.15, -0.1) is 10.2 Å². The molecule has 9 heteroatoms. The van der Waals surface area contributed by atoms with Crippen molar-refractivity contribution in [3.8, 4) is 0 Å². The van der Waals surface area contributed by atoms with Crippen LogP contribution in [0.25, 0.3) is 0 Å². The van der Waals surface area contributed by atoms with Crippen molar-refractivity contribution in [2.45, 2.75) is 25.0 Å². The van der Waals surface area contributed by atoms with Crippen LogP contribution in [0.2, 0.25) is 10.0 Å². The molecule has 1 amide bonds. The van der Waals surface area contributed by atoms with Crippen molar-refractivity contribution >= 4 is 46.6 Å². The zero-order valence-corrected chi connectivity index (χ0v) is 17.3. The van der Waals surface area contributed by atoms with Crippen LogP contribution in [0.1, 0.15) is 18.3 Å². The third-order valence-corrected chi connectivity index (χ3v) is 5.43. The molecular weight excluding hydrogens is 422 g/mol. The minimum absolute atomic E-state index is 0.0389. The van der Waals surface area contributed by atoms with Gasteiger partial charge in [0.2, 0.25) is 5.91 Å². The molecule has 1 N–H and O–H groups in total. The van der Waals surface area contributed by atoms with E-state index >= 15 is 0 Å². The summed E-state index contributed by atoms with van der Waals surface area (Å²) in [5.41, 5.74) is 1.52. The molecule has 0 spiro atoms. The molecule has 0 aliphatic carbocycles. The summed E-state index contributed by atoms with van der Waals surface area (Å²) in [6, 6.07) is 11.6. The van der Waals surface area contributed by atoms with E-state index in [-0.39, 0.29) is 16.7 Å². The number of rotatable bonds is 7. The van der Waals surface area contributed by atoms with Gasteiger partial charge in [0.1, 0.15) is 11.6 Å². The highest BCUT2D eigenvalue weighted by Crippen LogP contribution is 2.22. The smallest absolute Gasteiger partial charge is 0.234 e.